The van der Waals surface area contributed by atoms with E-state index in [2.05, 4.69) is 32.7 Å². The standard InChI is InChI=1S/C10H15NO.C3H4O2/c1-10(2,3)11-8-6-4-5-7-9(8)12;1-2-3(4)5/h4-7,11-12H,1-3H3;2H,1H2,(H,4,5). The fourth-order valence-corrected chi connectivity index (χ4v) is 0.983. The van der Waals surface area contributed by atoms with Gasteiger partial charge in [0.25, 0.3) is 0 Å². The van der Waals surface area contributed by atoms with Crippen molar-refractivity contribution in [1.29, 1.82) is 0 Å². The predicted molar refractivity (Wildman–Crippen MR) is 69.3 cm³/mol. The number of rotatable bonds is 2. The van der Waals surface area contributed by atoms with Gasteiger partial charge in [0.15, 0.2) is 0 Å². The van der Waals surface area contributed by atoms with Crippen molar-refractivity contribution in [3.63, 3.8) is 0 Å². The number of aromatic hydroxyl groups is 1. The average Bonchev–Trinajstić information content (AvgIpc) is 2.20. The van der Waals surface area contributed by atoms with Crippen molar-refractivity contribution >= 4 is 11.7 Å². The number of carboxylic acid groups (broad SMARTS) is 1. The van der Waals surface area contributed by atoms with Crippen LogP contribution in [0, 0.1) is 0 Å². The van der Waals surface area contributed by atoms with Crippen LogP contribution >= 0.6 is 0 Å². The number of anilines is 1. The molecule has 3 N–H and O–H groups in total. The monoisotopic (exact) mass is 237 g/mol. The molecule has 1 aromatic carbocycles. The highest BCUT2D eigenvalue weighted by molar-refractivity contribution is 5.78. The molecule has 0 amide bonds. The van der Waals surface area contributed by atoms with Crippen molar-refractivity contribution in [2.75, 3.05) is 5.32 Å². The highest BCUT2D eigenvalue weighted by Gasteiger charge is 2.10. The minimum absolute atomic E-state index is 0.0150. The van der Waals surface area contributed by atoms with Gasteiger partial charge < -0.3 is 15.5 Å². The lowest BCUT2D eigenvalue weighted by molar-refractivity contribution is -0.131. The summed E-state index contributed by atoms with van der Waals surface area (Å²) in [6, 6.07) is 7.24. The first kappa shape index (κ1) is 15.0. The van der Waals surface area contributed by atoms with Gasteiger partial charge in [-0.05, 0) is 32.9 Å². The maximum Gasteiger partial charge on any atom is 0.327 e. The Morgan fingerprint density at radius 2 is 1.82 bits per heavy atom. The van der Waals surface area contributed by atoms with Crippen LogP contribution in [0.2, 0.25) is 0 Å². The number of aliphatic carboxylic acids is 1. The van der Waals surface area contributed by atoms with Gasteiger partial charge >= 0.3 is 5.97 Å². The molecule has 0 fully saturated rings. The Labute approximate surface area is 102 Å². The molecule has 4 nitrogen and oxygen atoms in total. The Kier molecular flexibility index (Phi) is 5.82. The van der Waals surface area contributed by atoms with Gasteiger partial charge in [-0.1, -0.05) is 18.7 Å². The fourth-order valence-electron chi connectivity index (χ4n) is 0.983. The number of phenolic OH excluding ortho intramolecular Hbond substituents is 1. The van der Waals surface area contributed by atoms with E-state index in [1.165, 1.54) is 0 Å². The van der Waals surface area contributed by atoms with Crippen molar-refractivity contribution in [2.24, 2.45) is 0 Å². The normalized spacial score (nSPS) is 9.82. The summed E-state index contributed by atoms with van der Waals surface area (Å²) in [5, 5.41) is 20.2. The number of benzene rings is 1. The van der Waals surface area contributed by atoms with Gasteiger partial charge in [0.2, 0.25) is 0 Å². The van der Waals surface area contributed by atoms with E-state index in [4.69, 9.17) is 5.11 Å². The van der Waals surface area contributed by atoms with E-state index in [1.807, 2.05) is 18.2 Å². The number of carboxylic acids is 1. The number of phenols is 1. The summed E-state index contributed by atoms with van der Waals surface area (Å²) in [4.78, 5) is 9.25. The van der Waals surface area contributed by atoms with Gasteiger partial charge in [0.1, 0.15) is 5.75 Å². The third-order valence-electron chi connectivity index (χ3n) is 1.59. The summed E-state index contributed by atoms with van der Waals surface area (Å²) in [7, 11) is 0. The summed E-state index contributed by atoms with van der Waals surface area (Å²) in [6.45, 7) is 9.13. The molecule has 0 saturated heterocycles. The lowest BCUT2D eigenvalue weighted by Crippen LogP contribution is -2.25. The Bertz CT molecular complexity index is 380. The molecule has 0 saturated carbocycles. The van der Waals surface area contributed by atoms with Gasteiger partial charge in [-0.2, -0.15) is 0 Å². The zero-order valence-electron chi connectivity index (χ0n) is 10.4. The third-order valence-corrected chi connectivity index (χ3v) is 1.59. The molecular weight excluding hydrogens is 218 g/mol. The third kappa shape index (κ3) is 7.90. The van der Waals surface area contributed by atoms with E-state index in [0.717, 1.165) is 11.8 Å². The molecule has 0 aliphatic heterocycles. The molecule has 0 aromatic heterocycles. The average molecular weight is 237 g/mol. The first-order chi connectivity index (χ1) is 7.76. The zero-order chi connectivity index (χ0) is 13.5. The Morgan fingerprint density at radius 1 is 1.35 bits per heavy atom. The zero-order valence-corrected chi connectivity index (χ0v) is 10.4. The smallest absolute Gasteiger partial charge is 0.327 e. The van der Waals surface area contributed by atoms with Crippen LogP contribution in [0.15, 0.2) is 36.9 Å². The molecule has 0 unspecified atom stereocenters. The molecule has 0 aliphatic carbocycles. The summed E-state index contributed by atoms with van der Waals surface area (Å²) < 4.78 is 0. The number of nitrogens with one attached hydrogen (secondary N) is 1. The van der Waals surface area contributed by atoms with E-state index >= 15 is 0 Å². The van der Waals surface area contributed by atoms with Crippen LogP contribution in [-0.4, -0.2) is 21.7 Å². The molecule has 1 aromatic rings. The second-order valence-electron chi connectivity index (χ2n) is 4.43. The Morgan fingerprint density at radius 3 is 2.18 bits per heavy atom. The summed E-state index contributed by atoms with van der Waals surface area (Å²) in [5.74, 6) is -0.683. The molecule has 0 radical (unpaired) electrons. The molecule has 0 spiro atoms. The van der Waals surface area contributed by atoms with Crippen LogP contribution in [-0.2, 0) is 4.79 Å². The van der Waals surface area contributed by atoms with Crippen LogP contribution in [0.25, 0.3) is 0 Å². The van der Waals surface area contributed by atoms with Crippen molar-refractivity contribution in [3.8, 4) is 5.75 Å². The first-order valence-electron chi connectivity index (χ1n) is 5.18. The van der Waals surface area contributed by atoms with Crippen LogP contribution in [0.5, 0.6) is 5.75 Å². The van der Waals surface area contributed by atoms with Crippen LogP contribution in [0.3, 0.4) is 0 Å². The van der Waals surface area contributed by atoms with Crippen molar-refractivity contribution in [3.05, 3.63) is 36.9 Å². The van der Waals surface area contributed by atoms with Gasteiger partial charge in [-0.25, -0.2) is 4.79 Å². The minimum atomic E-state index is -0.981. The molecule has 1 rings (SSSR count). The lowest BCUT2D eigenvalue weighted by atomic mass is 10.1. The van der Waals surface area contributed by atoms with Crippen LogP contribution in [0.4, 0.5) is 5.69 Å². The lowest BCUT2D eigenvalue weighted by Gasteiger charge is -2.22. The molecule has 17 heavy (non-hydrogen) atoms. The maximum atomic E-state index is 9.41. The van der Waals surface area contributed by atoms with E-state index in [9.17, 15) is 9.90 Å². The minimum Gasteiger partial charge on any atom is -0.506 e. The molecule has 0 aliphatic rings. The molecule has 0 heterocycles. The van der Waals surface area contributed by atoms with Gasteiger partial charge in [-0.3, -0.25) is 0 Å². The molecule has 4 heteroatoms. The second kappa shape index (κ2) is 6.58. The van der Waals surface area contributed by atoms with E-state index in [-0.39, 0.29) is 5.54 Å². The van der Waals surface area contributed by atoms with Gasteiger partial charge in [0.05, 0.1) is 5.69 Å². The van der Waals surface area contributed by atoms with Crippen molar-refractivity contribution in [1.82, 2.24) is 0 Å². The summed E-state index contributed by atoms with van der Waals surface area (Å²) in [6.07, 6.45) is 0.833. The van der Waals surface area contributed by atoms with E-state index in [1.54, 1.807) is 6.07 Å². The van der Waals surface area contributed by atoms with E-state index < -0.39 is 5.97 Å². The first-order valence-corrected chi connectivity index (χ1v) is 5.18. The van der Waals surface area contributed by atoms with Crippen molar-refractivity contribution in [2.45, 2.75) is 26.3 Å². The topological polar surface area (TPSA) is 69.6 Å². The Hall–Kier alpha value is -1.97. The summed E-state index contributed by atoms with van der Waals surface area (Å²) >= 11 is 0. The predicted octanol–water partition coefficient (Wildman–Crippen LogP) is 2.86. The second-order valence-corrected chi connectivity index (χ2v) is 4.43. The molecule has 94 valence electrons. The molecule has 0 atom stereocenters. The number of para-hydroxylation sites is 2. The van der Waals surface area contributed by atoms with Crippen molar-refractivity contribution < 1.29 is 15.0 Å². The Balaban J connectivity index is 0.000000437. The number of carbonyl (C=O) groups is 1. The number of hydrogen-bond acceptors (Lipinski definition) is 3. The highest BCUT2D eigenvalue weighted by atomic mass is 16.4. The highest BCUT2D eigenvalue weighted by Crippen LogP contribution is 2.24. The van der Waals surface area contributed by atoms with Crippen LogP contribution < -0.4 is 5.32 Å². The maximum absolute atomic E-state index is 9.41. The van der Waals surface area contributed by atoms with Gasteiger partial charge in [0, 0.05) is 11.6 Å². The van der Waals surface area contributed by atoms with Gasteiger partial charge in [-0.15, -0.1) is 0 Å². The van der Waals surface area contributed by atoms with E-state index in [0.29, 0.717) is 5.75 Å². The molecular formula is C13H19NO3. The SMILES string of the molecule is C=CC(=O)O.CC(C)(C)Nc1ccccc1O. The quantitative estimate of drug-likeness (QED) is 0.546. The fraction of sp³-hybridized carbons (Fsp3) is 0.308. The number of hydrogen-bond donors (Lipinski definition) is 3. The summed E-state index contributed by atoms with van der Waals surface area (Å²) in [5.41, 5.74) is 0.767. The largest absolute Gasteiger partial charge is 0.506 e. The molecule has 0 bridgehead atoms. The van der Waals surface area contributed by atoms with Crippen LogP contribution in [0.1, 0.15) is 20.8 Å².